The lowest BCUT2D eigenvalue weighted by Gasteiger charge is -2.28. The molecule has 2 heterocycles. The zero-order valence-corrected chi connectivity index (χ0v) is 14.7. The Kier molecular flexibility index (Phi) is 6.02. The van der Waals surface area contributed by atoms with Crippen molar-refractivity contribution in [1.82, 2.24) is 4.98 Å². The van der Waals surface area contributed by atoms with Crippen molar-refractivity contribution in [1.29, 1.82) is 0 Å². The number of ether oxygens (including phenoxy) is 1. The number of nitrogens with zero attached hydrogens (tertiary/aromatic N) is 4. The van der Waals surface area contributed by atoms with E-state index >= 15 is 0 Å². The molecule has 138 valence electrons. The SMILES string of the molecule is CC(C)[CH-]OOC[C@@]1(N=[N+]=[N-])O[C@@H]([n+]2ccc(N)[nH]c2=O)[C@H](C)[C@@H]1C. The van der Waals surface area contributed by atoms with Gasteiger partial charge in [0.25, 0.3) is 0 Å². The highest BCUT2D eigenvalue weighted by atomic mass is 17.2. The summed E-state index contributed by atoms with van der Waals surface area (Å²) >= 11 is 0. The maximum atomic E-state index is 12.2. The van der Waals surface area contributed by atoms with Crippen molar-refractivity contribution in [3.63, 3.8) is 0 Å². The van der Waals surface area contributed by atoms with Gasteiger partial charge in [0.2, 0.25) is 6.23 Å². The largest absolute Gasteiger partial charge is 0.499 e. The van der Waals surface area contributed by atoms with Gasteiger partial charge in [0, 0.05) is 22.8 Å². The first-order valence-electron chi connectivity index (χ1n) is 8.06. The predicted octanol–water partition coefficient (Wildman–Crippen LogP) is 1.82. The Bertz CT molecular complexity index is 702. The fraction of sp³-hybridized carbons (Fsp3) is 0.667. The smallest absolute Gasteiger partial charge is 0.413 e. The topological polar surface area (TPSA) is 139 Å². The van der Waals surface area contributed by atoms with Gasteiger partial charge >= 0.3 is 5.69 Å². The standard InChI is InChI=1S/C15H23N6O4/c1-9(2)7-23-24-8-15(19-20-17)11(4)10(3)13(25-15)21-6-5-12(16)18-14(21)22/h5-7,9-11,13H,8H2,1-4H3,(H2,16,18,22)/q-1/p+1/t10-,11+,13-,15-/m1/s1. The van der Waals surface area contributed by atoms with Crippen LogP contribution < -0.4 is 16.0 Å². The minimum absolute atomic E-state index is 0.101. The average Bonchev–Trinajstić information content (AvgIpc) is 2.78. The number of nitrogen functional groups attached to an aromatic ring is 1. The van der Waals surface area contributed by atoms with Crippen molar-refractivity contribution < 1.29 is 19.1 Å². The molecule has 0 unspecified atom stereocenters. The Labute approximate surface area is 145 Å². The van der Waals surface area contributed by atoms with Crippen molar-refractivity contribution in [2.75, 3.05) is 12.3 Å². The van der Waals surface area contributed by atoms with Gasteiger partial charge in [0.1, 0.15) is 12.8 Å². The number of hydrogen-bond acceptors (Lipinski definition) is 6. The number of nitrogens with two attached hydrogens (primary N) is 1. The highest BCUT2D eigenvalue weighted by Gasteiger charge is 2.54. The van der Waals surface area contributed by atoms with Crippen LogP contribution in [0, 0.1) is 24.4 Å². The van der Waals surface area contributed by atoms with E-state index in [4.69, 9.17) is 25.8 Å². The van der Waals surface area contributed by atoms with Crippen molar-refractivity contribution in [3.05, 3.63) is 39.8 Å². The number of aromatic nitrogens is 2. The molecule has 10 heteroatoms. The third-order valence-electron chi connectivity index (χ3n) is 4.32. The van der Waals surface area contributed by atoms with Crippen LogP contribution in [0.25, 0.3) is 10.4 Å². The summed E-state index contributed by atoms with van der Waals surface area (Å²) in [5.41, 5.74) is 12.9. The molecule has 2 rings (SSSR count). The van der Waals surface area contributed by atoms with Gasteiger partial charge < -0.3 is 15.4 Å². The van der Waals surface area contributed by atoms with Gasteiger partial charge in [0.15, 0.2) is 11.5 Å². The molecular weight excluding hydrogens is 328 g/mol. The molecule has 25 heavy (non-hydrogen) atoms. The Hall–Kier alpha value is -2.13. The molecule has 0 aliphatic carbocycles. The lowest BCUT2D eigenvalue weighted by atomic mass is 9.89. The van der Waals surface area contributed by atoms with Gasteiger partial charge in [0.05, 0.1) is 0 Å². The van der Waals surface area contributed by atoms with E-state index in [2.05, 4.69) is 15.0 Å². The Balaban J connectivity index is 2.24. The van der Waals surface area contributed by atoms with Crippen molar-refractivity contribution in [2.45, 2.75) is 39.6 Å². The van der Waals surface area contributed by atoms with E-state index in [-0.39, 0.29) is 30.2 Å². The third kappa shape index (κ3) is 4.10. The summed E-state index contributed by atoms with van der Waals surface area (Å²) in [4.78, 5) is 27.8. The summed E-state index contributed by atoms with van der Waals surface area (Å²) in [6, 6.07) is 1.56. The van der Waals surface area contributed by atoms with E-state index < -0.39 is 17.6 Å². The third-order valence-corrected chi connectivity index (χ3v) is 4.32. The normalized spacial score (nSPS) is 28.9. The molecule has 3 N–H and O–H groups in total. The van der Waals surface area contributed by atoms with E-state index in [9.17, 15) is 4.79 Å². The van der Waals surface area contributed by atoms with Crippen LogP contribution in [0.3, 0.4) is 0 Å². The number of azide groups is 1. The molecule has 1 aromatic rings. The van der Waals surface area contributed by atoms with Crippen LogP contribution in [-0.2, 0) is 14.5 Å². The monoisotopic (exact) mass is 352 g/mol. The molecule has 1 aliphatic rings. The highest BCUT2D eigenvalue weighted by molar-refractivity contribution is 5.21. The van der Waals surface area contributed by atoms with E-state index in [0.29, 0.717) is 0 Å². The zero-order valence-electron chi connectivity index (χ0n) is 14.7. The fourth-order valence-corrected chi connectivity index (χ4v) is 2.70. The van der Waals surface area contributed by atoms with E-state index in [1.165, 1.54) is 17.4 Å². The van der Waals surface area contributed by atoms with Crippen LogP contribution in [0.2, 0.25) is 0 Å². The molecule has 0 radical (unpaired) electrons. The summed E-state index contributed by atoms with van der Waals surface area (Å²) in [6.45, 7) is 9.07. The van der Waals surface area contributed by atoms with Crippen LogP contribution in [0.4, 0.5) is 5.82 Å². The van der Waals surface area contributed by atoms with E-state index in [1.54, 1.807) is 6.07 Å². The Morgan fingerprint density at radius 2 is 2.32 bits per heavy atom. The first-order valence-corrected chi connectivity index (χ1v) is 8.06. The lowest BCUT2D eigenvalue weighted by molar-refractivity contribution is -0.781. The molecule has 1 saturated heterocycles. The molecule has 1 fully saturated rings. The maximum absolute atomic E-state index is 12.2. The summed E-state index contributed by atoms with van der Waals surface area (Å²) in [7, 11) is 0. The summed E-state index contributed by atoms with van der Waals surface area (Å²) < 4.78 is 7.37. The fourth-order valence-electron chi connectivity index (χ4n) is 2.70. The summed E-state index contributed by atoms with van der Waals surface area (Å²) in [5, 5.41) is 3.82. The highest BCUT2D eigenvalue weighted by Crippen LogP contribution is 2.44. The lowest BCUT2D eigenvalue weighted by Crippen LogP contribution is -2.56. The Morgan fingerprint density at radius 1 is 1.60 bits per heavy atom. The predicted molar refractivity (Wildman–Crippen MR) is 88.2 cm³/mol. The molecule has 0 saturated carbocycles. The molecule has 0 spiro atoms. The van der Waals surface area contributed by atoms with Gasteiger partial charge in [-0.25, -0.2) is 0 Å². The number of hydrogen-bond donors (Lipinski definition) is 2. The molecule has 0 bridgehead atoms. The molecular formula is C15H24N6O4. The number of H-pyrrole nitrogens is 1. The van der Waals surface area contributed by atoms with Crippen LogP contribution in [0.15, 0.2) is 22.2 Å². The van der Waals surface area contributed by atoms with E-state index in [0.717, 1.165) is 0 Å². The minimum atomic E-state index is -1.29. The van der Waals surface area contributed by atoms with Gasteiger partial charge in [-0.15, -0.1) is 5.92 Å². The summed E-state index contributed by atoms with van der Waals surface area (Å²) in [5.74, 6) is 0.0773. The van der Waals surface area contributed by atoms with Crippen molar-refractivity contribution in [3.8, 4) is 0 Å². The number of nitrogens with one attached hydrogen (secondary N) is 1. The summed E-state index contributed by atoms with van der Waals surface area (Å²) in [6.07, 6.45) is 0.903. The quantitative estimate of drug-likeness (QED) is 0.113. The average molecular weight is 352 g/mol. The van der Waals surface area contributed by atoms with Crippen molar-refractivity contribution in [2.24, 2.45) is 22.9 Å². The van der Waals surface area contributed by atoms with E-state index in [1.807, 2.05) is 27.7 Å². The first kappa shape index (κ1) is 19.2. The molecule has 0 amide bonds. The van der Waals surface area contributed by atoms with Gasteiger partial charge in [-0.1, -0.05) is 32.8 Å². The molecule has 1 aliphatic heterocycles. The zero-order chi connectivity index (χ0) is 18.6. The molecule has 0 aromatic carbocycles. The number of aromatic amines is 1. The number of rotatable bonds is 7. The van der Waals surface area contributed by atoms with Crippen LogP contribution >= 0.6 is 0 Å². The second-order valence-corrected chi connectivity index (χ2v) is 6.54. The first-order chi connectivity index (χ1) is 11.8. The van der Waals surface area contributed by atoms with Gasteiger partial charge in [-0.2, -0.15) is 21.0 Å². The molecule has 1 aromatic heterocycles. The maximum Gasteiger partial charge on any atom is 0.499 e. The van der Waals surface area contributed by atoms with Gasteiger partial charge in [-0.3, -0.25) is 4.89 Å². The second kappa shape index (κ2) is 7.83. The van der Waals surface area contributed by atoms with Crippen LogP contribution in [-0.4, -0.2) is 17.3 Å². The molecule has 4 atom stereocenters. The van der Waals surface area contributed by atoms with Gasteiger partial charge in [-0.05, 0) is 5.53 Å². The number of anilines is 1. The van der Waals surface area contributed by atoms with Crippen molar-refractivity contribution >= 4 is 5.82 Å². The van der Waals surface area contributed by atoms with Crippen LogP contribution in [0.1, 0.15) is 33.9 Å². The second-order valence-electron chi connectivity index (χ2n) is 6.54. The Morgan fingerprint density at radius 3 is 2.92 bits per heavy atom. The van der Waals surface area contributed by atoms with Crippen LogP contribution in [0.5, 0.6) is 0 Å². The minimum Gasteiger partial charge on any atom is -0.413 e. The molecule has 10 nitrogen and oxygen atoms in total.